The van der Waals surface area contributed by atoms with Crippen LogP contribution in [-0.2, 0) is 4.79 Å². The Balaban J connectivity index is 0.00000144. The number of nitrogens with two attached hydrogens (primary N) is 1. The van der Waals surface area contributed by atoms with Crippen LogP contribution in [0, 0.1) is 5.92 Å². The molecule has 0 radical (unpaired) electrons. The van der Waals surface area contributed by atoms with Gasteiger partial charge in [-0.3, -0.25) is 4.79 Å². The number of nitrogens with one attached hydrogen (secondary N) is 1. The minimum atomic E-state index is -0.609. The lowest BCUT2D eigenvalue weighted by molar-refractivity contribution is -0.126. The summed E-state index contributed by atoms with van der Waals surface area (Å²) in [5.41, 5.74) is 6.83. The van der Waals surface area contributed by atoms with Crippen molar-refractivity contribution in [2.75, 3.05) is 24.5 Å². The maximum absolute atomic E-state index is 12.3. The van der Waals surface area contributed by atoms with E-state index in [1.807, 2.05) is 6.07 Å². The van der Waals surface area contributed by atoms with Crippen molar-refractivity contribution >= 4 is 52.3 Å². The summed E-state index contributed by atoms with van der Waals surface area (Å²) in [7, 11) is 0. The standard InChI is InChI=1S/C17H24BrN3O.2ClH/c18-14-4-3-5-15(10-14)21-9-6-13(12-21)11-20-16(22)17(19)7-1-2-8-17;;/h3-5,10,13H,1-2,6-9,11-12,19H2,(H,20,22);2*1H. The number of halogens is 3. The maximum Gasteiger partial charge on any atom is 0.240 e. The quantitative estimate of drug-likeness (QED) is 0.756. The molecule has 0 bridgehead atoms. The molecule has 1 aromatic rings. The molecule has 1 amide bonds. The molecule has 3 rings (SSSR count). The summed E-state index contributed by atoms with van der Waals surface area (Å²) >= 11 is 3.52. The Hall–Kier alpha value is -0.490. The van der Waals surface area contributed by atoms with Crippen LogP contribution in [0.2, 0.25) is 0 Å². The van der Waals surface area contributed by atoms with Crippen LogP contribution in [0.1, 0.15) is 32.1 Å². The van der Waals surface area contributed by atoms with Crippen molar-refractivity contribution in [2.24, 2.45) is 11.7 Å². The molecule has 3 N–H and O–H groups in total. The van der Waals surface area contributed by atoms with Crippen molar-refractivity contribution in [2.45, 2.75) is 37.6 Å². The van der Waals surface area contributed by atoms with Crippen LogP contribution in [-0.4, -0.2) is 31.1 Å². The van der Waals surface area contributed by atoms with Gasteiger partial charge in [0.05, 0.1) is 5.54 Å². The lowest BCUT2D eigenvalue weighted by Crippen LogP contribution is -2.52. The molecule has 1 saturated carbocycles. The first-order valence-corrected chi connectivity index (χ1v) is 8.94. The van der Waals surface area contributed by atoms with Crippen molar-refractivity contribution in [1.29, 1.82) is 0 Å². The Kier molecular flexibility index (Phi) is 8.33. The summed E-state index contributed by atoms with van der Waals surface area (Å²) in [6, 6.07) is 8.39. The van der Waals surface area contributed by atoms with Gasteiger partial charge in [0.15, 0.2) is 0 Å². The van der Waals surface area contributed by atoms with Gasteiger partial charge in [0, 0.05) is 29.8 Å². The highest BCUT2D eigenvalue weighted by Crippen LogP contribution is 2.28. The van der Waals surface area contributed by atoms with E-state index in [9.17, 15) is 4.79 Å². The van der Waals surface area contributed by atoms with Crippen LogP contribution < -0.4 is 16.0 Å². The summed E-state index contributed by atoms with van der Waals surface area (Å²) in [6.45, 7) is 2.78. The largest absolute Gasteiger partial charge is 0.371 e. The smallest absolute Gasteiger partial charge is 0.240 e. The number of amides is 1. The molecule has 1 aromatic carbocycles. The number of carbonyl (C=O) groups is 1. The highest BCUT2D eigenvalue weighted by atomic mass is 79.9. The van der Waals surface area contributed by atoms with Gasteiger partial charge in [-0.05, 0) is 43.4 Å². The zero-order chi connectivity index (χ0) is 15.6. The van der Waals surface area contributed by atoms with E-state index in [-0.39, 0.29) is 30.7 Å². The van der Waals surface area contributed by atoms with E-state index in [2.05, 4.69) is 44.3 Å². The van der Waals surface area contributed by atoms with E-state index in [1.165, 1.54) is 5.69 Å². The maximum atomic E-state index is 12.3. The van der Waals surface area contributed by atoms with Crippen LogP contribution in [0.3, 0.4) is 0 Å². The van der Waals surface area contributed by atoms with Crippen molar-refractivity contribution in [3.8, 4) is 0 Å². The van der Waals surface area contributed by atoms with Gasteiger partial charge in [0.1, 0.15) is 0 Å². The fraction of sp³-hybridized carbons (Fsp3) is 0.588. The molecule has 4 nitrogen and oxygen atoms in total. The summed E-state index contributed by atoms with van der Waals surface area (Å²) in [6.07, 6.45) is 4.92. The molecule has 7 heteroatoms. The molecule has 1 saturated heterocycles. The molecule has 1 aliphatic heterocycles. The van der Waals surface area contributed by atoms with Crippen LogP contribution in [0.15, 0.2) is 28.7 Å². The molecule has 1 atom stereocenters. The Labute approximate surface area is 164 Å². The van der Waals surface area contributed by atoms with Gasteiger partial charge in [-0.25, -0.2) is 0 Å². The summed E-state index contributed by atoms with van der Waals surface area (Å²) < 4.78 is 1.10. The molecule has 2 fully saturated rings. The topological polar surface area (TPSA) is 58.4 Å². The van der Waals surface area contributed by atoms with E-state index < -0.39 is 5.54 Å². The molecule has 2 aliphatic rings. The lowest BCUT2D eigenvalue weighted by atomic mass is 9.97. The number of hydrogen-bond donors (Lipinski definition) is 2. The summed E-state index contributed by atoms with van der Waals surface area (Å²) in [4.78, 5) is 14.6. The Morgan fingerprint density at radius 3 is 2.71 bits per heavy atom. The van der Waals surface area contributed by atoms with Crippen molar-refractivity contribution < 1.29 is 4.79 Å². The normalized spacial score (nSPS) is 21.8. The third kappa shape index (κ3) is 5.01. The van der Waals surface area contributed by atoms with Gasteiger partial charge in [0.25, 0.3) is 0 Å². The van der Waals surface area contributed by atoms with Crippen LogP contribution in [0.5, 0.6) is 0 Å². The highest BCUT2D eigenvalue weighted by molar-refractivity contribution is 9.10. The highest BCUT2D eigenvalue weighted by Gasteiger charge is 2.37. The Morgan fingerprint density at radius 2 is 2.04 bits per heavy atom. The van der Waals surface area contributed by atoms with E-state index in [1.54, 1.807) is 0 Å². The fourth-order valence-electron chi connectivity index (χ4n) is 3.55. The number of benzene rings is 1. The van der Waals surface area contributed by atoms with Crippen LogP contribution in [0.4, 0.5) is 5.69 Å². The second kappa shape index (κ2) is 9.27. The first-order chi connectivity index (χ1) is 10.6. The number of anilines is 1. The lowest BCUT2D eigenvalue weighted by Gasteiger charge is -2.24. The first kappa shape index (κ1) is 21.6. The first-order valence-electron chi connectivity index (χ1n) is 8.14. The van der Waals surface area contributed by atoms with E-state index in [0.717, 1.165) is 56.2 Å². The molecule has 24 heavy (non-hydrogen) atoms. The summed E-state index contributed by atoms with van der Waals surface area (Å²) in [5.74, 6) is 0.554. The molecular formula is C17H26BrCl2N3O. The van der Waals surface area contributed by atoms with Gasteiger partial charge in [-0.15, -0.1) is 24.8 Å². The summed E-state index contributed by atoms with van der Waals surface area (Å²) in [5, 5.41) is 3.09. The van der Waals surface area contributed by atoms with Gasteiger partial charge in [-0.2, -0.15) is 0 Å². The van der Waals surface area contributed by atoms with Gasteiger partial charge in [0.2, 0.25) is 5.91 Å². The Bertz CT molecular complexity index is 552. The third-order valence-electron chi connectivity index (χ3n) is 4.96. The predicted molar refractivity (Wildman–Crippen MR) is 107 cm³/mol. The van der Waals surface area contributed by atoms with E-state index in [0.29, 0.717) is 5.92 Å². The molecule has 1 heterocycles. The monoisotopic (exact) mass is 437 g/mol. The van der Waals surface area contributed by atoms with Gasteiger partial charge < -0.3 is 16.0 Å². The molecular weight excluding hydrogens is 413 g/mol. The average Bonchev–Trinajstić information content (AvgIpc) is 3.14. The van der Waals surface area contributed by atoms with E-state index in [4.69, 9.17) is 5.73 Å². The fourth-order valence-corrected chi connectivity index (χ4v) is 3.94. The van der Waals surface area contributed by atoms with E-state index >= 15 is 0 Å². The average molecular weight is 439 g/mol. The molecule has 136 valence electrons. The minimum absolute atomic E-state index is 0. The minimum Gasteiger partial charge on any atom is -0.371 e. The molecule has 0 aromatic heterocycles. The number of rotatable bonds is 4. The zero-order valence-electron chi connectivity index (χ0n) is 13.7. The second-order valence-corrected chi connectivity index (χ2v) is 7.57. The second-order valence-electron chi connectivity index (χ2n) is 6.65. The van der Waals surface area contributed by atoms with Crippen molar-refractivity contribution in [1.82, 2.24) is 5.32 Å². The van der Waals surface area contributed by atoms with Gasteiger partial charge in [-0.1, -0.05) is 34.8 Å². The molecule has 0 spiro atoms. The zero-order valence-corrected chi connectivity index (χ0v) is 16.9. The predicted octanol–water partition coefficient (Wildman–Crippen LogP) is 3.51. The molecule has 1 aliphatic carbocycles. The number of nitrogens with zero attached hydrogens (tertiary/aromatic N) is 1. The number of hydrogen-bond acceptors (Lipinski definition) is 3. The molecule has 1 unspecified atom stereocenters. The SMILES string of the molecule is Cl.Cl.NC1(C(=O)NCC2CCN(c3cccc(Br)c3)C2)CCCC1. The van der Waals surface area contributed by atoms with Gasteiger partial charge >= 0.3 is 0 Å². The Morgan fingerprint density at radius 1 is 1.33 bits per heavy atom. The van der Waals surface area contributed by atoms with Crippen LogP contribution in [0.25, 0.3) is 0 Å². The van der Waals surface area contributed by atoms with Crippen molar-refractivity contribution in [3.63, 3.8) is 0 Å². The third-order valence-corrected chi connectivity index (χ3v) is 5.45. The van der Waals surface area contributed by atoms with Crippen molar-refractivity contribution in [3.05, 3.63) is 28.7 Å². The van der Waals surface area contributed by atoms with Crippen LogP contribution >= 0.6 is 40.7 Å². The number of carbonyl (C=O) groups excluding carboxylic acids is 1.